The van der Waals surface area contributed by atoms with Gasteiger partial charge in [0.25, 0.3) is 0 Å². The SMILES string of the molecule is COc1ccc(C(=O)O)c(NC(=O)NC2CCSC2)c1. The zero-order valence-electron chi connectivity index (χ0n) is 11.0. The van der Waals surface area contributed by atoms with Crippen LogP contribution in [0.3, 0.4) is 0 Å². The van der Waals surface area contributed by atoms with E-state index >= 15 is 0 Å². The number of carboxylic acids is 1. The summed E-state index contributed by atoms with van der Waals surface area (Å²) in [5.41, 5.74) is 0.252. The number of benzene rings is 1. The molecule has 1 heterocycles. The Balaban J connectivity index is 2.09. The second kappa shape index (κ2) is 6.51. The van der Waals surface area contributed by atoms with Crippen LogP contribution in [0.2, 0.25) is 0 Å². The van der Waals surface area contributed by atoms with Crippen molar-refractivity contribution in [2.75, 3.05) is 23.9 Å². The first kappa shape index (κ1) is 14.5. The maximum atomic E-state index is 11.9. The molecular weight excluding hydrogens is 280 g/mol. The first-order valence-electron chi connectivity index (χ1n) is 6.16. The number of hydrogen-bond donors (Lipinski definition) is 3. The standard InChI is InChI=1S/C13H16N2O4S/c1-19-9-2-3-10(12(16)17)11(6-9)15-13(18)14-8-4-5-20-7-8/h2-3,6,8H,4-5,7H2,1H3,(H,16,17)(H2,14,15,18). The van der Waals surface area contributed by atoms with Gasteiger partial charge >= 0.3 is 12.0 Å². The Labute approximate surface area is 120 Å². The van der Waals surface area contributed by atoms with E-state index < -0.39 is 12.0 Å². The number of thioether (sulfide) groups is 1. The predicted octanol–water partition coefficient (Wildman–Crippen LogP) is 2.02. The minimum atomic E-state index is -1.10. The first-order chi connectivity index (χ1) is 9.60. The normalized spacial score (nSPS) is 17.6. The summed E-state index contributed by atoms with van der Waals surface area (Å²) in [6.45, 7) is 0. The highest BCUT2D eigenvalue weighted by Crippen LogP contribution is 2.23. The van der Waals surface area contributed by atoms with E-state index in [9.17, 15) is 9.59 Å². The molecule has 0 radical (unpaired) electrons. The summed E-state index contributed by atoms with van der Waals surface area (Å²) in [6, 6.07) is 4.18. The van der Waals surface area contributed by atoms with Gasteiger partial charge in [0.15, 0.2) is 0 Å². The third kappa shape index (κ3) is 3.57. The van der Waals surface area contributed by atoms with Gasteiger partial charge in [-0.15, -0.1) is 0 Å². The van der Waals surface area contributed by atoms with E-state index in [2.05, 4.69) is 10.6 Å². The van der Waals surface area contributed by atoms with Gasteiger partial charge in [0, 0.05) is 17.9 Å². The van der Waals surface area contributed by atoms with Gasteiger partial charge in [-0.3, -0.25) is 0 Å². The third-order valence-electron chi connectivity index (χ3n) is 2.97. The Morgan fingerprint density at radius 3 is 2.85 bits per heavy atom. The summed E-state index contributed by atoms with van der Waals surface area (Å²) in [7, 11) is 1.48. The lowest BCUT2D eigenvalue weighted by molar-refractivity contribution is 0.0698. The molecule has 1 aliphatic heterocycles. The highest BCUT2D eigenvalue weighted by atomic mass is 32.2. The van der Waals surface area contributed by atoms with Crippen molar-refractivity contribution in [1.29, 1.82) is 0 Å². The maximum absolute atomic E-state index is 11.9. The molecule has 1 aromatic rings. The summed E-state index contributed by atoms with van der Waals surface area (Å²) < 4.78 is 5.04. The molecule has 1 unspecified atom stereocenters. The van der Waals surface area contributed by atoms with Crippen LogP contribution in [0, 0.1) is 0 Å². The van der Waals surface area contributed by atoms with Crippen molar-refractivity contribution in [1.82, 2.24) is 5.32 Å². The Morgan fingerprint density at radius 1 is 1.45 bits per heavy atom. The van der Waals surface area contributed by atoms with Gasteiger partial charge in [-0.25, -0.2) is 9.59 Å². The molecular formula is C13H16N2O4S. The van der Waals surface area contributed by atoms with Crippen molar-refractivity contribution in [2.24, 2.45) is 0 Å². The number of urea groups is 1. The lowest BCUT2D eigenvalue weighted by Crippen LogP contribution is -2.38. The van der Waals surface area contributed by atoms with Gasteiger partial charge in [-0.1, -0.05) is 0 Å². The molecule has 1 fully saturated rings. The van der Waals surface area contributed by atoms with Crippen molar-refractivity contribution < 1.29 is 19.4 Å². The average Bonchev–Trinajstić information content (AvgIpc) is 2.90. The molecule has 1 aliphatic rings. The lowest BCUT2D eigenvalue weighted by atomic mass is 10.1. The monoisotopic (exact) mass is 296 g/mol. The van der Waals surface area contributed by atoms with E-state index in [4.69, 9.17) is 9.84 Å². The molecule has 1 atom stereocenters. The quantitative estimate of drug-likeness (QED) is 0.791. The molecule has 7 heteroatoms. The molecule has 2 rings (SSSR count). The maximum Gasteiger partial charge on any atom is 0.337 e. The van der Waals surface area contributed by atoms with Gasteiger partial charge in [0.2, 0.25) is 0 Å². The minimum absolute atomic E-state index is 0.0294. The molecule has 108 valence electrons. The van der Waals surface area contributed by atoms with E-state index in [1.165, 1.54) is 19.2 Å². The third-order valence-corrected chi connectivity index (χ3v) is 4.13. The number of ether oxygens (including phenoxy) is 1. The number of carboxylic acid groups (broad SMARTS) is 1. The van der Waals surface area contributed by atoms with Crippen LogP contribution in [0.25, 0.3) is 0 Å². The molecule has 0 bridgehead atoms. The van der Waals surface area contributed by atoms with Crippen molar-refractivity contribution >= 4 is 29.4 Å². The fourth-order valence-electron chi connectivity index (χ4n) is 1.93. The van der Waals surface area contributed by atoms with Gasteiger partial charge in [-0.2, -0.15) is 11.8 Å². The zero-order chi connectivity index (χ0) is 14.5. The van der Waals surface area contributed by atoms with Gasteiger partial charge in [0.1, 0.15) is 5.75 Å². The first-order valence-corrected chi connectivity index (χ1v) is 7.32. The van der Waals surface area contributed by atoms with Crippen molar-refractivity contribution in [3.05, 3.63) is 23.8 Å². The average molecular weight is 296 g/mol. The van der Waals surface area contributed by atoms with E-state index in [1.54, 1.807) is 17.8 Å². The number of nitrogens with one attached hydrogen (secondary N) is 2. The molecule has 2 amide bonds. The molecule has 0 saturated carbocycles. The molecule has 1 saturated heterocycles. The minimum Gasteiger partial charge on any atom is -0.497 e. The van der Waals surface area contributed by atoms with Crippen LogP contribution in [0.15, 0.2) is 18.2 Å². The summed E-state index contributed by atoms with van der Waals surface area (Å²) in [4.78, 5) is 23.0. The van der Waals surface area contributed by atoms with Gasteiger partial charge in [-0.05, 0) is 24.3 Å². The van der Waals surface area contributed by atoms with Crippen LogP contribution < -0.4 is 15.4 Å². The molecule has 0 aromatic heterocycles. The molecule has 0 aliphatic carbocycles. The largest absolute Gasteiger partial charge is 0.497 e. The summed E-state index contributed by atoms with van der Waals surface area (Å²) in [6.07, 6.45) is 0.933. The highest BCUT2D eigenvalue weighted by Gasteiger charge is 2.19. The van der Waals surface area contributed by atoms with Crippen molar-refractivity contribution in [3.63, 3.8) is 0 Å². The smallest absolute Gasteiger partial charge is 0.337 e. The Hall–Kier alpha value is -1.89. The lowest BCUT2D eigenvalue weighted by Gasteiger charge is -2.14. The molecule has 6 nitrogen and oxygen atoms in total. The number of amides is 2. The van der Waals surface area contributed by atoms with Crippen LogP contribution in [0.5, 0.6) is 5.75 Å². The molecule has 3 N–H and O–H groups in total. The van der Waals surface area contributed by atoms with Gasteiger partial charge in [0.05, 0.1) is 18.4 Å². The summed E-state index contributed by atoms with van der Waals surface area (Å²) >= 11 is 1.79. The van der Waals surface area contributed by atoms with Crippen molar-refractivity contribution in [2.45, 2.75) is 12.5 Å². The number of methoxy groups -OCH3 is 1. The van der Waals surface area contributed by atoms with Crippen molar-refractivity contribution in [3.8, 4) is 5.75 Å². The summed E-state index contributed by atoms with van der Waals surface area (Å²) in [5.74, 6) is 1.31. The Kier molecular flexibility index (Phi) is 4.73. The van der Waals surface area contributed by atoms with Crippen LogP contribution in [0.4, 0.5) is 10.5 Å². The number of aromatic carboxylic acids is 1. The van der Waals surface area contributed by atoms with E-state index in [1.807, 2.05) is 0 Å². The number of hydrogen-bond acceptors (Lipinski definition) is 4. The predicted molar refractivity (Wildman–Crippen MR) is 77.8 cm³/mol. The van der Waals surface area contributed by atoms with Crippen LogP contribution in [0.1, 0.15) is 16.8 Å². The highest BCUT2D eigenvalue weighted by molar-refractivity contribution is 7.99. The number of carbonyl (C=O) groups excluding carboxylic acids is 1. The van der Waals surface area contributed by atoms with Crippen LogP contribution in [-0.2, 0) is 0 Å². The fraction of sp³-hybridized carbons (Fsp3) is 0.385. The van der Waals surface area contributed by atoms with Crippen LogP contribution in [-0.4, -0.2) is 41.8 Å². The topological polar surface area (TPSA) is 87.7 Å². The second-order valence-electron chi connectivity index (χ2n) is 4.38. The molecule has 0 spiro atoms. The van der Waals surface area contributed by atoms with E-state index in [0.717, 1.165) is 17.9 Å². The number of anilines is 1. The fourth-order valence-corrected chi connectivity index (χ4v) is 3.08. The molecule has 1 aromatic carbocycles. The van der Waals surface area contributed by atoms with E-state index in [0.29, 0.717) is 5.75 Å². The summed E-state index contributed by atoms with van der Waals surface area (Å²) in [5, 5.41) is 14.5. The van der Waals surface area contributed by atoms with E-state index in [-0.39, 0.29) is 17.3 Å². The Bertz CT molecular complexity index is 515. The molecule has 20 heavy (non-hydrogen) atoms. The Morgan fingerprint density at radius 2 is 2.25 bits per heavy atom. The number of carbonyl (C=O) groups is 2. The van der Waals surface area contributed by atoms with Gasteiger partial charge < -0.3 is 20.5 Å². The zero-order valence-corrected chi connectivity index (χ0v) is 11.8. The van der Waals surface area contributed by atoms with Crippen LogP contribution >= 0.6 is 11.8 Å². The number of rotatable bonds is 4. The second-order valence-corrected chi connectivity index (χ2v) is 5.53.